The van der Waals surface area contributed by atoms with E-state index < -0.39 is 11.5 Å². The first kappa shape index (κ1) is 19.7. The van der Waals surface area contributed by atoms with E-state index in [0.717, 1.165) is 12.0 Å². The van der Waals surface area contributed by atoms with Crippen molar-refractivity contribution in [1.29, 1.82) is 0 Å². The molecule has 0 spiro atoms. The Morgan fingerprint density at radius 2 is 1.68 bits per heavy atom. The third-order valence-corrected chi connectivity index (χ3v) is 4.95. The number of aromatic hydroxyl groups is 1. The molecule has 0 bridgehead atoms. The van der Waals surface area contributed by atoms with Crippen LogP contribution in [0, 0.1) is 5.92 Å². The number of hydrogen-bond acceptors (Lipinski definition) is 3. The van der Waals surface area contributed by atoms with Gasteiger partial charge in [-0.05, 0) is 37.0 Å². The lowest BCUT2D eigenvalue weighted by atomic mass is 10.1. The topological polar surface area (TPSA) is 71.3 Å². The molecule has 0 fully saturated rings. The van der Waals surface area contributed by atoms with E-state index in [2.05, 4.69) is 19.2 Å². The van der Waals surface area contributed by atoms with Crippen LogP contribution in [0.5, 0.6) is 5.75 Å². The maximum atomic E-state index is 13.1. The molecule has 1 aromatic heterocycles. The Morgan fingerprint density at radius 1 is 1.04 bits per heavy atom. The minimum Gasteiger partial charge on any atom is -0.506 e. The number of carbonyl (C=O) groups excluding carboxylic acids is 1. The van der Waals surface area contributed by atoms with E-state index in [1.54, 1.807) is 22.8 Å². The van der Waals surface area contributed by atoms with Gasteiger partial charge >= 0.3 is 0 Å². The van der Waals surface area contributed by atoms with Crippen molar-refractivity contribution in [2.24, 2.45) is 5.92 Å². The summed E-state index contributed by atoms with van der Waals surface area (Å²) in [4.78, 5) is 26.0. The maximum absolute atomic E-state index is 13.1. The average Bonchev–Trinajstić information content (AvgIpc) is 2.68. The van der Waals surface area contributed by atoms with Crippen LogP contribution >= 0.6 is 0 Å². The van der Waals surface area contributed by atoms with Gasteiger partial charge in [0.05, 0.1) is 11.6 Å². The fraction of sp³-hybridized carbons (Fsp3) is 0.304. The third kappa shape index (κ3) is 3.93. The molecule has 0 aliphatic heterocycles. The first-order chi connectivity index (χ1) is 13.4. The summed E-state index contributed by atoms with van der Waals surface area (Å²) in [5, 5.41) is 14.1. The van der Waals surface area contributed by atoms with E-state index in [1.165, 1.54) is 0 Å². The van der Waals surface area contributed by atoms with Crippen LogP contribution in [-0.4, -0.2) is 15.6 Å². The molecule has 0 radical (unpaired) electrons. The Kier molecular flexibility index (Phi) is 5.83. The van der Waals surface area contributed by atoms with Gasteiger partial charge in [-0.1, -0.05) is 56.3 Å². The van der Waals surface area contributed by atoms with Crippen LogP contribution in [-0.2, 0) is 6.54 Å². The van der Waals surface area contributed by atoms with Crippen LogP contribution in [0.2, 0.25) is 0 Å². The number of hydrogen-bond donors (Lipinski definition) is 2. The van der Waals surface area contributed by atoms with Crippen molar-refractivity contribution in [2.75, 3.05) is 0 Å². The average molecular weight is 378 g/mol. The number of amides is 1. The third-order valence-electron chi connectivity index (χ3n) is 4.95. The quantitative estimate of drug-likeness (QED) is 0.674. The van der Waals surface area contributed by atoms with Gasteiger partial charge in [0.1, 0.15) is 11.3 Å². The summed E-state index contributed by atoms with van der Waals surface area (Å²) in [6, 6.07) is 16.4. The van der Waals surface area contributed by atoms with Gasteiger partial charge in [-0.15, -0.1) is 0 Å². The lowest BCUT2D eigenvalue weighted by Crippen LogP contribution is -2.35. The van der Waals surface area contributed by atoms with Crippen LogP contribution in [0.3, 0.4) is 0 Å². The van der Waals surface area contributed by atoms with Gasteiger partial charge in [-0.3, -0.25) is 9.59 Å². The van der Waals surface area contributed by atoms with E-state index >= 15 is 0 Å². The number of benzene rings is 2. The minimum absolute atomic E-state index is 0.203. The standard InChI is InChI=1S/C23H26N2O3/c1-15(2)13-14-25-19-12-8-7-11-18(19)21(26)20(23(25)28)22(27)24-16(3)17-9-5-4-6-10-17/h4-12,15-16,26H,13-14H2,1-3H3,(H,24,27)/t16-/m1/s1. The monoisotopic (exact) mass is 378 g/mol. The van der Waals surface area contributed by atoms with Crippen LogP contribution in [0.1, 0.15) is 49.2 Å². The Bertz CT molecular complexity index is 1040. The van der Waals surface area contributed by atoms with Crippen LogP contribution in [0.25, 0.3) is 10.9 Å². The van der Waals surface area contributed by atoms with Crippen molar-refractivity contribution in [2.45, 2.75) is 39.8 Å². The van der Waals surface area contributed by atoms with Crippen LogP contribution in [0.4, 0.5) is 0 Å². The summed E-state index contributed by atoms with van der Waals surface area (Å²) in [6.45, 7) is 6.51. The Labute approximate surface area is 164 Å². The maximum Gasteiger partial charge on any atom is 0.267 e. The van der Waals surface area contributed by atoms with Gasteiger partial charge in [0, 0.05) is 11.9 Å². The molecule has 28 heavy (non-hydrogen) atoms. The molecule has 3 rings (SSSR count). The van der Waals surface area contributed by atoms with E-state index in [4.69, 9.17) is 0 Å². The van der Waals surface area contributed by atoms with E-state index in [0.29, 0.717) is 23.4 Å². The van der Waals surface area contributed by atoms with E-state index in [1.807, 2.05) is 43.3 Å². The Balaban J connectivity index is 2.04. The molecule has 1 heterocycles. The highest BCUT2D eigenvalue weighted by Gasteiger charge is 2.23. The number of rotatable bonds is 6. The first-order valence-corrected chi connectivity index (χ1v) is 9.60. The summed E-state index contributed by atoms with van der Waals surface area (Å²) in [7, 11) is 0. The van der Waals surface area contributed by atoms with Crippen molar-refractivity contribution in [3.63, 3.8) is 0 Å². The molecule has 146 valence electrons. The predicted molar refractivity (Wildman–Crippen MR) is 112 cm³/mol. The number of para-hydroxylation sites is 1. The molecule has 0 aliphatic carbocycles. The van der Waals surface area contributed by atoms with E-state index in [9.17, 15) is 14.7 Å². The summed E-state index contributed by atoms with van der Waals surface area (Å²) >= 11 is 0. The fourth-order valence-electron chi connectivity index (χ4n) is 3.30. The van der Waals surface area contributed by atoms with Crippen LogP contribution in [0.15, 0.2) is 59.4 Å². The second kappa shape index (κ2) is 8.30. The molecule has 2 aromatic carbocycles. The summed E-state index contributed by atoms with van der Waals surface area (Å²) in [6.07, 6.45) is 0.802. The highest BCUT2D eigenvalue weighted by molar-refractivity contribution is 6.02. The molecule has 1 amide bonds. The molecular weight excluding hydrogens is 352 g/mol. The molecule has 0 aliphatic rings. The lowest BCUT2D eigenvalue weighted by molar-refractivity contribution is 0.0935. The molecule has 5 nitrogen and oxygen atoms in total. The highest BCUT2D eigenvalue weighted by Crippen LogP contribution is 2.27. The Morgan fingerprint density at radius 3 is 2.36 bits per heavy atom. The summed E-state index contributed by atoms with van der Waals surface area (Å²) < 4.78 is 1.59. The molecule has 1 atom stereocenters. The molecular formula is C23H26N2O3. The smallest absolute Gasteiger partial charge is 0.267 e. The zero-order chi connectivity index (χ0) is 20.3. The Hall–Kier alpha value is -3.08. The molecule has 5 heteroatoms. The van der Waals surface area contributed by atoms with Crippen molar-refractivity contribution in [1.82, 2.24) is 9.88 Å². The second-order valence-corrected chi connectivity index (χ2v) is 7.49. The van der Waals surface area contributed by atoms with Crippen molar-refractivity contribution >= 4 is 16.8 Å². The number of aryl methyl sites for hydroxylation is 1. The zero-order valence-corrected chi connectivity index (χ0v) is 16.5. The lowest BCUT2D eigenvalue weighted by Gasteiger charge is -2.18. The SMILES string of the molecule is CC(C)CCn1c(=O)c(C(=O)N[C@H](C)c2ccccc2)c(O)c2ccccc21. The predicted octanol–water partition coefficient (Wildman–Crippen LogP) is 4.24. The van der Waals surface area contributed by atoms with Crippen LogP contribution < -0.4 is 10.9 Å². The number of carbonyl (C=O) groups is 1. The highest BCUT2D eigenvalue weighted by atomic mass is 16.3. The zero-order valence-electron chi connectivity index (χ0n) is 16.5. The summed E-state index contributed by atoms with van der Waals surface area (Å²) in [5.41, 5.74) is 0.898. The van der Waals surface area contributed by atoms with Gasteiger partial charge in [0.2, 0.25) is 0 Å². The molecule has 0 saturated carbocycles. The first-order valence-electron chi connectivity index (χ1n) is 9.60. The second-order valence-electron chi connectivity index (χ2n) is 7.49. The van der Waals surface area contributed by atoms with Gasteiger partial charge in [-0.25, -0.2) is 0 Å². The molecule has 0 saturated heterocycles. The number of nitrogens with one attached hydrogen (secondary N) is 1. The number of fused-ring (bicyclic) bond motifs is 1. The number of nitrogens with zero attached hydrogens (tertiary/aromatic N) is 1. The number of aromatic nitrogens is 1. The van der Waals surface area contributed by atoms with E-state index in [-0.39, 0.29) is 17.4 Å². The van der Waals surface area contributed by atoms with Gasteiger partial charge in [0.25, 0.3) is 11.5 Å². The van der Waals surface area contributed by atoms with Crippen molar-refractivity contribution < 1.29 is 9.90 Å². The van der Waals surface area contributed by atoms with Gasteiger partial charge < -0.3 is 15.0 Å². The largest absolute Gasteiger partial charge is 0.506 e. The van der Waals surface area contributed by atoms with Gasteiger partial charge in [-0.2, -0.15) is 0 Å². The van der Waals surface area contributed by atoms with Gasteiger partial charge in [0.15, 0.2) is 0 Å². The fourth-order valence-corrected chi connectivity index (χ4v) is 3.30. The van der Waals surface area contributed by atoms with Crippen molar-refractivity contribution in [3.05, 3.63) is 76.1 Å². The molecule has 3 aromatic rings. The minimum atomic E-state index is -0.567. The normalized spacial score (nSPS) is 12.3. The number of pyridine rings is 1. The molecule has 0 unspecified atom stereocenters. The summed E-state index contributed by atoms with van der Waals surface area (Å²) in [5.74, 6) is -0.420. The molecule has 2 N–H and O–H groups in total. The van der Waals surface area contributed by atoms with Crippen molar-refractivity contribution in [3.8, 4) is 5.75 Å².